The molecule has 1 aromatic heterocycles. The Labute approximate surface area is 124 Å². The van der Waals surface area contributed by atoms with Crippen molar-refractivity contribution >= 4 is 10.9 Å². The number of aryl methyl sites for hydroxylation is 1. The Morgan fingerprint density at radius 2 is 2.33 bits per heavy atom. The standard InChI is InChI=1S/C17H22N2O2/c1-20-15-9-14-16(13-3-2-8-21-17(13)15)11(10-19-14)6-7-18-12-4-5-12/h9-10,12,18-19H,2-8H2,1H3. The second-order valence-electron chi connectivity index (χ2n) is 6.05. The average Bonchev–Trinajstić information content (AvgIpc) is 3.26. The first-order chi connectivity index (χ1) is 10.4. The van der Waals surface area contributed by atoms with Crippen molar-refractivity contribution in [3.63, 3.8) is 0 Å². The van der Waals surface area contributed by atoms with Gasteiger partial charge in [-0.3, -0.25) is 0 Å². The molecule has 21 heavy (non-hydrogen) atoms. The van der Waals surface area contributed by atoms with E-state index in [0.717, 1.165) is 55.5 Å². The third-order valence-corrected chi connectivity index (χ3v) is 4.51. The molecule has 1 fully saturated rings. The summed E-state index contributed by atoms with van der Waals surface area (Å²) in [6.07, 6.45) is 8.05. The predicted octanol–water partition coefficient (Wildman–Crippen LogP) is 2.80. The maximum atomic E-state index is 5.88. The van der Waals surface area contributed by atoms with E-state index in [9.17, 15) is 0 Å². The van der Waals surface area contributed by atoms with E-state index in [1.165, 1.54) is 29.4 Å². The summed E-state index contributed by atoms with van der Waals surface area (Å²) in [6.45, 7) is 1.84. The third kappa shape index (κ3) is 2.38. The van der Waals surface area contributed by atoms with Gasteiger partial charge in [0.25, 0.3) is 0 Å². The molecule has 2 aliphatic rings. The lowest BCUT2D eigenvalue weighted by Crippen LogP contribution is -2.19. The molecule has 1 aliphatic heterocycles. The van der Waals surface area contributed by atoms with Crippen LogP contribution in [0.2, 0.25) is 0 Å². The van der Waals surface area contributed by atoms with Crippen LogP contribution in [0.5, 0.6) is 11.5 Å². The molecule has 2 heterocycles. The van der Waals surface area contributed by atoms with Crippen LogP contribution in [-0.4, -0.2) is 31.3 Å². The number of methoxy groups -OCH3 is 1. The van der Waals surface area contributed by atoms with Gasteiger partial charge in [0.15, 0.2) is 11.5 Å². The molecule has 112 valence electrons. The highest BCUT2D eigenvalue weighted by atomic mass is 16.5. The number of rotatable bonds is 5. The highest BCUT2D eigenvalue weighted by Gasteiger charge is 2.23. The van der Waals surface area contributed by atoms with E-state index in [1.807, 2.05) is 0 Å². The van der Waals surface area contributed by atoms with Gasteiger partial charge < -0.3 is 19.8 Å². The van der Waals surface area contributed by atoms with Crippen molar-refractivity contribution in [1.82, 2.24) is 10.3 Å². The molecule has 0 amide bonds. The van der Waals surface area contributed by atoms with Crippen LogP contribution in [0, 0.1) is 0 Å². The predicted molar refractivity (Wildman–Crippen MR) is 83.4 cm³/mol. The number of benzene rings is 1. The van der Waals surface area contributed by atoms with E-state index in [1.54, 1.807) is 7.11 Å². The number of aromatic amines is 1. The highest BCUT2D eigenvalue weighted by Crippen LogP contribution is 2.41. The summed E-state index contributed by atoms with van der Waals surface area (Å²) in [4.78, 5) is 3.40. The Kier molecular flexibility index (Phi) is 3.26. The van der Waals surface area contributed by atoms with Crippen LogP contribution in [0.4, 0.5) is 0 Å². The summed E-state index contributed by atoms with van der Waals surface area (Å²) < 4.78 is 11.4. The number of hydrogen-bond donors (Lipinski definition) is 2. The Morgan fingerprint density at radius 3 is 3.14 bits per heavy atom. The van der Waals surface area contributed by atoms with E-state index in [0.29, 0.717) is 0 Å². The quantitative estimate of drug-likeness (QED) is 0.888. The summed E-state index contributed by atoms with van der Waals surface area (Å²) in [5, 5.41) is 4.94. The SMILES string of the molecule is COc1cc2[nH]cc(CCNC3CC3)c2c2c1OCCC2. The van der Waals surface area contributed by atoms with Crippen LogP contribution in [-0.2, 0) is 12.8 Å². The zero-order valence-electron chi connectivity index (χ0n) is 12.5. The normalized spacial score (nSPS) is 17.6. The van der Waals surface area contributed by atoms with Gasteiger partial charge in [0.2, 0.25) is 0 Å². The molecule has 0 radical (unpaired) electrons. The van der Waals surface area contributed by atoms with Crippen molar-refractivity contribution in [2.75, 3.05) is 20.3 Å². The first kappa shape index (κ1) is 13.0. The number of fused-ring (bicyclic) bond motifs is 3. The fourth-order valence-corrected chi connectivity index (χ4v) is 3.28. The lowest BCUT2D eigenvalue weighted by molar-refractivity contribution is 0.270. The van der Waals surface area contributed by atoms with E-state index < -0.39 is 0 Å². The Balaban J connectivity index is 1.70. The lowest BCUT2D eigenvalue weighted by Gasteiger charge is -2.21. The summed E-state index contributed by atoms with van der Waals surface area (Å²) in [5.74, 6) is 1.80. The molecule has 1 aromatic carbocycles. The highest BCUT2D eigenvalue weighted by molar-refractivity contribution is 5.91. The summed E-state index contributed by atoms with van der Waals surface area (Å²) in [6, 6.07) is 2.84. The molecule has 0 spiro atoms. The van der Waals surface area contributed by atoms with Crippen LogP contribution in [0.1, 0.15) is 30.4 Å². The summed E-state index contributed by atoms with van der Waals surface area (Å²) in [7, 11) is 1.71. The van der Waals surface area contributed by atoms with Crippen LogP contribution in [0.3, 0.4) is 0 Å². The van der Waals surface area contributed by atoms with Gasteiger partial charge >= 0.3 is 0 Å². The molecule has 2 aromatic rings. The lowest BCUT2D eigenvalue weighted by atomic mass is 9.97. The molecule has 1 saturated carbocycles. The summed E-state index contributed by atoms with van der Waals surface area (Å²) in [5.41, 5.74) is 3.87. The van der Waals surface area contributed by atoms with Crippen molar-refractivity contribution in [3.05, 3.63) is 23.4 Å². The molecule has 0 saturated heterocycles. The van der Waals surface area contributed by atoms with Crippen LogP contribution in [0.15, 0.2) is 12.3 Å². The second-order valence-corrected chi connectivity index (χ2v) is 6.05. The van der Waals surface area contributed by atoms with Crippen LogP contribution >= 0.6 is 0 Å². The van der Waals surface area contributed by atoms with Gasteiger partial charge in [0, 0.05) is 34.8 Å². The van der Waals surface area contributed by atoms with Crippen molar-refractivity contribution in [2.24, 2.45) is 0 Å². The van der Waals surface area contributed by atoms with Crippen molar-refractivity contribution in [3.8, 4) is 11.5 Å². The fraction of sp³-hybridized carbons (Fsp3) is 0.529. The minimum Gasteiger partial charge on any atom is -0.493 e. The zero-order valence-corrected chi connectivity index (χ0v) is 12.5. The summed E-state index contributed by atoms with van der Waals surface area (Å²) >= 11 is 0. The van der Waals surface area contributed by atoms with Gasteiger partial charge in [-0.05, 0) is 44.2 Å². The largest absolute Gasteiger partial charge is 0.493 e. The molecule has 0 unspecified atom stereocenters. The number of H-pyrrole nitrogens is 1. The van der Waals surface area contributed by atoms with Crippen molar-refractivity contribution in [1.29, 1.82) is 0 Å². The molecule has 2 N–H and O–H groups in total. The van der Waals surface area contributed by atoms with Crippen molar-refractivity contribution < 1.29 is 9.47 Å². The van der Waals surface area contributed by atoms with Crippen LogP contribution < -0.4 is 14.8 Å². The van der Waals surface area contributed by atoms with Crippen molar-refractivity contribution in [2.45, 2.75) is 38.1 Å². The molecule has 1 aliphatic carbocycles. The minimum atomic E-state index is 0.771. The van der Waals surface area contributed by atoms with E-state index in [2.05, 4.69) is 22.6 Å². The van der Waals surface area contributed by atoms with Gasteiger partial charge in [-0.25, -0.2) is 0 Å². The molecule has 0 atom stereocenters. The minimum absolute atomic E-state index is 0.771. The average molecular weight is 286 g/mol. The Bertz CT molecular complexity index is 658. The zero-order chi connectivity index (χ0) is 14.2. The Hall–Kier alpha value is -1.68. The fourth-order valence-electron chi connectivity index (χ4n) is 3.28. The second kappa shape index (κ2) is 5.26. The van der Waals surface area contributed by atoms with E-state index in [-0.39, 0.29) is 0 Å². The van der Waals surface area contributed by atoms with E-state index in [4.69, 9.17) is 9.47 Å². The number of nitrogens with one attached hydrogen (secondary N) is 2. The first-order valence-corrected chi connectivity index (χ1v) is 7.93. The number of aromatic nitrogens is 1. The van der Waals surface area contributed by atoms with E-state index >= 15 is 0 Å². The monoisotopic (exact) mass is 286 g/mol. The third-order valence-electron chi connectivity index (χ3n) is 4.51. The molecule has 4 rings (SSSR count). The first-order valence-electron chi connectivity index (χ1n) is 7.93. The molecule has 4 nitrogen and oxygen atoms in total. The van der Waals surface area contributed by atoms with Gasteiger partial charge in [-0.15, -0.1) is 0 Å². The molecule has 4 heteroatoms. The van der Waals surface area contributed by atoms with Gasteiger partial charge in [-0.2, -0.15) is 0 Å². The van der Waals surface area contributed by atoms with Gasteiger partial charge in [-0.1, -0.05) is 0 Å². The molecular weight excluding hydrogens is 264 g/mol. The molecular formula is C17H22N2O2. The number of hydrogen-bond acceptors (Lipinski definition) is 3. The smallest absolute Gasteiger partial charge is 0.165 e. The topological polar surface area (TPSA) is 46.3 Å². The molecule has 0 bridgehead atoms. The number of ether oxygens (including phenoxy) is 2. The van der Waals surface area contributed by atoms with Gasteiger partial charge in [0.05, 0.1) is 13.7 Å². The van der Waals surface area contributed by atoms with Gasteiger partial charge in [0.1, 0.15) is 0 Å². The van der Waals surface area contributed by atoms with Crippen LogP contribution in [0.25, 0.3) is 10.9 Å². The Morgan fingerprint density at radius 1 is 1.43 bits per heavy atom. The maximum absolute atomic E-state index is 5.88. The maximum Gasteiger partial charge on any atom is 0.165 e.